The van der Waals surface area contributed by atoms with Crippen molar-refractivity contribution in [2.75, 3.05) is 13.1 Å². The van der Waals surface area contributed by atoms with Crippen molar-refractivity contribution in [1.82, 2.24) is 15.1 Å². The van der Waals surface area contributed by atoms with Crippen LogP contribution in [0.1, 0.15) is 32.4 Å². The molecule has 2 aliphatic rings. The Bertz CT molecular complexity index is 787. The monoisotopic (exact) mass is 357 g/mol. The highest BCUT2D eigenvalue weighted by Crippen LogP contribution is 2.38. The number of amides is 3. The Morgan fingerprint density at radius 2 is 2.00 bits per heavy atom. The molecule has 0 fully saturated rings. The fourth-order valence-electron chi connectivity index (χ4n) is 3.47. The minimum absolute atomic E-state index is 0.00931. The summed E-state index contributed by atoms with van der Waals surface area (Å²) in [6.45, 7) is 10.4. The van der Waals surface area contributed by atoms with Crippen LogP contribution >= 0.6 is 0 Å². The van der Waals surface area contributed by atoms with E-state index in [4.69, 9.17) is 0 Å². The lowest BCUT2D eigenvalue weighted by Crippen LogP contribution is -2.47. The maximum absolute atomic E-state index is 14.4. The molecule has 0 spiro atoms. The van der Waals surface area contributed by atoms with Crippen molar-refractivity contribution in [3.8, 4) is 0 Å². The van der Waals surface area contributed by atoms with Gasteiger partial charge >= 0.3 is 6.03 Å². The third kappa shape index (κ3) is 2.89. The lowest BCUT2D eigenvalue weighted by molar-refractivity contribution is -0.128. The van der Waals surface area contributed by atoms with Gasteiger partial charge in [-0.2, -0.15) is 0 Å². The molecule has 1 aromatic carbocycles. The molecule has 0 saturated heterocycles. The zero-order valence-electron chi connectivity index (χ0n) is 15.3. The normalized spacial score (nSPS) is 21.2. The SMILES string of the molecule is C=CCN1C(=O)N[C@@H](c2ccccc2F)C2=C1CN([C@H](C)C(C)C)C2=O. The van der Waals surface area contributed by atoms with Crippen molar-refractivity contribution in [3.63, 3.8) is 0 Å². The maximum Gasteiger partial charge on any atom is 0.322 e. The van der Waals surface area contributed by atoms with Crippen LogP contribution in [0.4, 0.5) is 9.18 Å². The summed E-state index contributed by atoms with van der Waals surface area (Å²) in [5.74, 6) is -0.322. The Labute approximate surface area is 153 Å². The van der Waals surface area contributed by atoms with E-state index in [-0.39, 0.29) is 23.9 Å². The topological polar surface area (TPSA) is 52.7 Å². The number of hydrogen-bond acceptors (Lipinski definition) is 2. The first-order valence-corrected chi connectivity index (χ1v) is 8.84. The van der Waals surface area contributed by atoms with E-state index >= 15 is 0 Å². The van der Waals surface area contributed by atoms with Crippen LogP contribution in [0.3, 0.4) is 0 Å². The quantitative estimate of drug-likeness (QED) is 0.823. The molecular weight excluding hydrogens is 333 g/mol. The average molecular weight is 357 g/mol. The van der Waals surface area contributed by atoms with Gasteiger partial charge in [0.15, 0.2) is 0 Å². The highest BCUT2D eigenvalue weighted by molar-refractivity contribution is 6.01. The zero-order valence-corrected chi connectivity index (χ0v) is 15.3. The molecule has 138 valence electrons. The minimum Gasteiger partial charge on any atom is -0.330 e. The van der Waals surface area contributed by atoms with Gasteiger partial charge in [0, 0.05) is 18.2 Å². The predicted molar refractivity (Wildman–Crippen MR) is 97.6 cm³/mol. The van der Waals surface area contributed by atoms with Gasteiger partial charge in [0.2, 0.25) is 0 Å². The molecule has 5 nitrogen and oxygen atoms in total. The smallest absolute Gasteiger partial charge is 0.322 e. The standard InChI is InChI=1S/C20H24FN3O2/c1-5-10-23-16-11-24(13(4)12(2)3)19(25)17(16)18(22-20(23)26)14-8-6-7-9-15(14)21/h5-9,12-13,18H,1,10-11H2,2-4H3,(H,22,26)/t13-,18+/m1/s1. The molecule has 3 rings (SSSR count). The van der Waals surface area contributed by atoms with Crippen LogP contribution in [0.15, 0.2) is 48.2 Å². The summed E-state index contributed by atoms with van der Waals surface area (Å²) in [4.78, 5) is 29.1. The first-order valence-electron chi connectivity index (χ1n) is 8.84. The van der Waals surface area contributed by atoms with Crippen LogP contribution in [-0.2, 0) is 4.79 Å². The molecule has 3 amide bonds. The van der Waals surface area contributed by atoms with Crippen molar-refractivity contribution in [1.29, 1.82) is 0 Å². The van der Waals surface area contributed by atoms with Crippen LogP contribution in [0.2, 0.25) is 0 Å². The summed E-state index contributed by atoms with van der Waals surface area (Å²) in [6, 6.07) is 5.12. The lowest BCUT2D eigenvalue weighted by atomic mass is 9.95. The Morgan fingerprint density at radius 3 is 2.62 bits per heavy atom. The van der Waals surface area contributed by atoms with E-state index in [1.165, 1.54) is 11.0 Å². The van der Waals surface area contributed by atoms with E-state index in [0.29, 0.717) is 29.9 Å². The zero-order chi connectivity index (χ0) is 19.0. The second-order valence-corrected chi connectivity index (χ2v) is 7.08. The van der Waals surface area contributed by atoms with Crippen LogP contribution in [0, 0.1) is 11.7 Å². The van der Waals surface area contributed by atoms with Gasteiger partial charge in [-0.15, -0.1) is 6.58 Å². The summed E-state index contributed by atoms with van der Waals surface area (Å²) in [6.07, 6.45) is 1.62. The van der Waals surface area contributed by atoms with Crippen molar-refractivity contribution < 1.29 is 14.0 Å². The van der Waals surface area contributed by atoms with Gasteiger partial charge in [0.1, 0.15) is 5.82 Å². The average Bonchev–Trinajstić information content (AvgIpc) is 2.94. The van der Waals surface area contributed by atoms with Gasteiger partial charge in [-0.1, -0.05) is 38.1 Å². The van der Waals surface area contributed by atoms with Crippen LogP contribution < -0.4 is 5.32 Å². The molecule has 0 radical (unpaired) electrons. The number of urea groups is 1. The summed E-state index contributed by atoms with van der Waals surface area (Å²) in [7, 11) is 0. The Hall–Kier alpha value is -2.63. The molecule has 0 bridgehead atoms. The van der Waals surface area contributed by atoms with Crippen molar-refractivity contribution in [2.24, 2.45) is 5.92 Å². The Balaban J connectivity index is 2.09. The number of hydrogen-bond donors (Lipinski definition) is 1. The minimum atomic E-state index is -0.781. The first-order chi connectivity index (χ1) is 12.4. The highest BCUT2D eigenvalue weighted by atomic mass is 19.1. The summed E-state index contributed by atoms with van der Waals surface area (Å²) in [5.41, 5.74) is 1.39. The fourth-order valence-corrected chi connectivity index (χ4v) is 3.47. The molecule has 2 atom stereocenters. The number of rotatable bonds is 5. The highest BCUT2D eigenvalue weighted by Gasteiger charge is 2.45. The molecule has 26 heavy (non-hydrogen) atoms. The lowest BCUT2D eigenvalue weighted by Gasteiger charge is -2.33. The number of benzene rings is 1. The summed E-state index contributed by atoms with van der Waals surface area (Å²) in [5, 5.41) is 2.79. The molecule has 2 heterocycles. The van der Waals surface area contributed by atoms with Gasteiger partial charge in [-0.05, 0) is 18.9 Å². The maximum atomic E-state index is 14.4. The third-order valence-electron chi connectivity index (χ3n) is 5.23. The van der Waals surface area contributed by atoms with Crippen molar-refractivity contribution in [2.45, 2.75) is 32.9 Å². The van der Waals surface area contributed by atoms with E-state index in [0.717, 1.165) is 0 Å². The van der Waals surface area contributed by atoms with Crippen LogP contribution in [0.5, 0.6) is 0 Å². The van der Waals surface area contributed by atoms with E-state index in [2.05, 4.69) is 25.7 Å². The molecule has 2 aliphatic heterocycles. The number of nitrogens with one attached hydrogen (secondary N) is 1. The molecule has 0 aromatic heterocycles. The molecule has 0 saturated carbocycles. The fraction of sp³-hybridized carbons (Fsp3) is 0.400. The van der Waals surface area contributed by atoms with Crippen LogP contribution in [-0.4, -0.2) is 40.9 Å². The molecular formula is C20H24FN3O2. The Kier molecular flexibility index (Phi) is 4.85. The van der Waals surface area contributed by atoms with Crippen LogP contribution in [0.25, 0.3) is 0 Å². The Morgan fingerprint density at radius 1 is 1.31 bits per heavy atom. The van der Waals surface area contributed by atoms with Gasteiger partial charge in [-0.3, -0.25) is 9.69 Å². The van der Waals surface area contributed by atoms with E-state index < -0.39 is 11.9 Å². The first kappa shape index (κ1) is 18.2. The van der Waals surface area contributed by atoms with E-state index in [1.807, 2.05) is 6.92 Å². The van der Waals surface area contributed by atoms with Gasteiger partial charge in [-0.25, -0.2) is 9.18 Å². The predicted octanol–water partition coefficient (Wildman–Crippen LogP) is 3.22. The number of halogens is 1. The molecule has 1 aromatic rings. The molecule has 6 heteroatoms. The van der Waals surface area contributed by atoms with Gasteiger partial charge in [0.05, 0.1) is 23.9 Å². The van der Waals surface area contributed by atoms with E-state index in [1.54, 1.807) is 29.2 Å². The number of carbonyl (C=O) groups excluding carboxylic acids is 2. The second-order valence-electron chi connectivity index (χ2n) is 7.08. The van der Waals surface area contributed by atoms with Gasteiger partial charge in [0.25, 0.3) is 5.91 Å². The van der Waals surface area contributed by atoms with Gasteiger partial charge < -0.3 is 10.2 Å². The second kappa shape index (κ2) is 6.94. The number of nitrogens with zero attached hydrogens (tertiary/aromatic N) is 2. The van der Waals surface area contributed by atoms with Crippen molar-refractivity contribution in [3.05, 3.63) is 59.6 Å². The van der Waals surface area contributed by atoms with Crippen molar-refractivity contribution >= 4 is 11.9 Å². The molecule has 1 N–H and O–H groups in total. The largest absolute Gasteiger partial charge is 0.330 e. The molecule has 0 aliphatic carbocycles. The van der Waals surface area contributed by atoms with E-state index in [9.17, 15) is 14.0 Å². The summed E-state index contributed by atoms with van der Waals surface area (Å²) < 4.78 is 14.4. The summed E-state index contributed by atoms with van der Waals surface area (Å²) >= 11 is 0. The third-order valence-corrected chi connectivity index (χ3v) is 5.23. The molecule has 0 unspecified atom stereocenters. The number of carbonyl (C=O) groups is 2.